The molecule has 0 aliphatic rings. The van der Waals surface area contributed by atoms with E-state index in [0.717, 1.165) is 6.20 Å². The van der Waals surface area contributed by atoms with Gasteiger partial charge in [-0.05, 0) is 0 Å². The average molecular weight is 128 g/mol. The van der Waals surface area contributed by atoms with Crippen LogP contribution in [0.3, 0.4) is 0 Å². The Kier molecular flexibility index (Phi) is 4.12. The lowest BCUT2D eigenvalue weighted by atomic mass is 10.6. The second-order valence-electron chi connectivity index (χ2n) is 1.30. The normalized spacial score (nSPS) is 9.33. The fourth-order valence-electron chi connectivity index (χ4n) is 0.265. The standard InChI is InChI=1S/C5H8N2O2/c1-2-3-6-4-5-7(8)9/h2,4-6H,1,3H2/b5-4+. The third kappa shape index (κ3) is 6.68. The van der Waals surface area contributed by atoms with Crippen molar-refractivity contribution in [1.82, 2.24) is 5.32 Å². The third-order valence-electron chi connectivity index (χ3n) is 0.576. The van der Waals surface area contributed by atoms with E-state index in [4.69, 9.17) is 0 Å². The molecule has 0 bridgehead atoms. The lowest BCUT2D eigenvalue weighted by molar-refractivity contribution is -0.402. The molecule has 0 aliphatic carbocycles. The molecule has 0 spiro atoms. The Balaban J connectivity index is 3.24. The fourth-order valence-corrected chi connectivity index (χ4v) is 0.265. The van der Waals surface area contributed by atoms with Gasteiger partial charge >= 0.3 is 0 Å². The van der Waals surface area contributed by atoms with Gasteiger partial charge in [-0.15, -0.1) is 6.58 Å². The Labute approximate surface area is 53.0 Å². The van der Waals surface area contributed by atoms with Crippen LogP contribution < -0.4 is 5.32 Å². The van der Waals surface area contributed by atoms with Gasteiger partial charge in [0.2, 0.25) is 6.20 Å². The van der Waals surface area contributed by atoms with Crippen molar-refractivity contribution in [2.24, 2.45) is 0 Å². The van der Waals surface area contributed by atoms with Crippen molar-refractivity contribution in [2.45, 2.75) is 0 Å². The molecule has 0 heterocycles. The summed E-state index contributed by atoms with van der Waals surface area (Å²) in [6.45, 7) is 3.96. The van der Waals surface area contributed by atoms with Gasteiger partial charge in [-0.3, -0.25) is 10.1 Å². The first-order valence-corrected chi connectivity index (χ1v) is 2.42. The van der Waals surface area contributed by atoms with Crippen LogP contribution in [0.25, 0.3) is 0 Å². The summed E-state index contributed by atoms with van der Waals surface area (Å²) in [6.07, 6.45) is 3.72. The Hall–Kier alpha value is -1.32. The molecule has 50 valence electrons. The van der Waals surface area contributed by atoms with Gasteiger partial charge in [0.25, 0.3) is 0 Å². The molecular formula is C5H8N2O2. The Morgan fingerprint density at radius 2 is 2.44 bits per heavy atom. The lowest BCUT2D eigenvalue weighted by Gasteiger charge is -1.87. The van der Waals surface area contributed by atoms with Crippen molar-refractivity contribution in [1.29, 1.82) is 0 Å². The maximum atomic E-state index is 9.62. The number of nitro groups is 1. The summed E-state index contributed by atoms with van der Waals surface area (Å²) in [4.78, 5) is 9.08. The van der Waals surface area contributed by atoms with Crippen molar-refractivity contribution >= 4 is 0 Å². The second kappa shape index (κ2) is 4.83. The van der Waals surface area contributed by atoms with E-state index in [1.54, 1.807) is 6.08 Å². The number of hydrogen-bond donors (Lipinski definition) is 1. The molecule has 0 rings (SSSR count). The molecule has 0 atom stereocenters. The van der Waals surface area contributed by atoms with E-state index in [-0.39, 0.29) is 0 Å². The molecular weight excluding hydrogens is 120 g/mol. The topological polar surface area (TPSA) is 55.2 Å². The van der Waals surface area contributed by atoms with Crippen LogP contribution in [-0.4, -0.2) is 11.5 Å². The van der Waals surface area contributed by atoms with Crippen LogP contribution in [0, 0.1) is 10.1 Å². The molecule has 0 saturated heterocycles. The van der Waals surface area contributed by atoms with E-state index in [2.05, 4.69) is 11.9 Å². The summed E-state index contributed by atoms with van der Waals surface area (Å²) in [5.74, 6) is 0. The van der Waals surface area contributed by atoms with Crippen LogP contribution in [0.4, 0.5) is 0 Å². The summed E-state index contributed by atoms with van der Waals surface area (Å²) in [6, 6.07) is 0. The van der Waals surface area contributed by atoms with Crippen molar-refractivity contribution in [3.05, 3.63) is 35.2 Å². The molecule has 0 unspecified atom stereocenters. The number of hydrogen-bond acceptors (Lipinski definition) is 3. The van der Waals surface area contributed by atoms with E-state index in [0.29, 0.717) is 6.54 Å². The summed E-state index contributed by atoms with van der Waals surface area (Å²) in [5.41, 5.74) is 0. The molecule has 1 N–H and O–H groups in total. The van der Waals surface area contributed by atoms with Crippen LogP contribution >= 0.6 is 0 Å². The fraction of sp³-hybridized carbons (Fsp3) is 0.200. The number of nitrogens with one attached hydrogen (secondary N) is 1. The van der Waals surface area contributed by atoms with Gasteiger partial charge in [-0.2, -0.15) is 0 Å². The van der Waals surface area contributed by atoms with Gasteiger partial charge in [-0.1, -0.05) is 6.08 Å². The number of nitrogens with zero attached hydrogens (tertiary/aromatic N) is 1. The molecule has 9 heavy (non-hydrogen) atoms. The number of rotatable bonds is 4. The van der Waals surface area contributed by atoms with Crippen LogP contribution in [0.5, 0.6) is 0 Å². The van der Waals surface area contributed by atoms with Crippen LogP contribution in [0.2, 0.25) is 0 Å². The highest BCUT2D eigenvalue weighted by molar-refractivity contribution is 4.76. The largest absolute Gasteiger partial charge is 0.382 e. The molecule has 4 nitrogen and oxygen atoms in total. The van der Waals surface area contributed by atoms with Crippen molar-refractivity contribution in [3.8, 4) is 0 Å². The van der Waals surface area contributed by atoms with Crippen molar-refractivity contribution < 1.29 is 4.92 Å². The summed E-state index contributed by atoms with van der Waals surface area (Å²) < 4.78 is 0. The zero-order chi connectivity index (χ0) is 7.11. The first-order valence-electron chi connectivity index (χ1n) is 2.42. The molecule has 0 fully saturated rings. The van der Waals surface area contributed by atoms with Crippen LogP contribution in [0.1, 0.15) is 0 Å². The second-order valence-corrected chi connectivity index (χ2v) is 1.30. The van der Waals surface area contributed by atoms with Gasteiger partial charge < -0.3 is 5.32 Å². The minimum Gasteiger partial charge on any atom is -0.382 e. The quantitative estimate of drug-likeness (QED) is 0.260. The average Bonchev–Trinajstić information content (AvgIpc) is 1.80. The molecule has 0 aromatic rings. The molecule has 0 aliphatic heterocycles. The Morgan fingerprint density at radius 3 is 2.89 bits per heavy atom. The highest BCUT2D eigenvalue weighted by atomic mass is 16.6. The SMILES string of the molecule is C=CCN/C=C/[N+](=O)[O-]. The van der Waals surface area contributed by atoms with Gasteiger partial charge in [0.1, 0.15) is 0 Å². The van der Waals surface area contributed by atoms with E-state index in [9.17, 15) is 10.1 Å². The Morgan fingerprint density at radius 1 is 1.78 bits per heavy atom. The van der Waals surface area contributed by atoms with Gasteiger partial charge in [-0.25, -0.2) is 0 Å². The van der Waals surface area contributed by atoms with Gasteiger partial charge in [0.05, 0.1) is 11.1 Å². The summed E-state index contributed by atoms with van der Waals surface area (Å²) in [5, 5.41) is 12.2. The van der Waals surface area contributed by atoms with Gasteiger partial charge in [0.15, 0.2) is 0 Å². The van der Waals surface area contributed by atoms with Gasteiger partial charge in [0, 0.05) is 6.54 Å². The highest BCUT2D eigenvalue weighted by Gasteiger charge is 1.79. The van der Waals surface area contributed by atoms with E-state index < -0.39 is 4.92 Å². The molecule has 0 aromatic heterocycles. The first kappa shape index (κ1) is 7.68. The smallest absolute Gasteiger partial charge is 0.249 e. The van der Waals surface area contributed by atoms with Crippen LogP contribution in [-0.2, 0) is 0 Å². The summed E-state index contributed by atoms with van der Waals surface area (Å²) >= 11 is 0. The molecule has 0 radical (unpaired) electrons. The summed E-state index contributed by atoms with van der Waals surface area (Å²) in [7, 11) is 0. The minimum absolute atomic E-state index is 0.532. The molecule has 0 aromatic carbocycles. The molecule has 4 heteroatoms. The zero-order valence-electron chi connectivity index (χ0n) is 4.91. The predicted octanol–water partition coefficient (Wildman–Crippen LogP) is 0.510. The van der Waals surface area contributed by atoms with E-state index in [1.165, 1.54) is 6.20 Å². The Bertz CT molecular complexity index is 131. The third-order valence-corrected chi connectivity index (χ3v) is 0.576. The lowest BCUT2D eigenvalue weighted by Crippen LogP contribution is -2.03. The van der Waals surface area contributed by atoms with E-state index >= 15 is 0 Å². The molecule has 0 amide bonds. The van der Waals surface area contributed by atoms with Crippen molar-refractivity contribution in [2.75, 3.05) is 6.54 Å². The van der Waals surface area contributed by atoms with Crippen molar-refractivity contribution in [3.63, 3.8) is 0 Å². The monoisotopic (exact) mass is 128 g/mol. The zero-order valence-corrected chi connectivity index (χ0v) is 4.91. The molecule has 0 saturated carbocycles. The maximum Gasteiger partial charge on any atom is 0.249 e. The van der Waals surface area contributed by atoms with E-state index in [1.807, 2.05) is 0 Å². The van der Waals surface area contributed by atoms with Crippen LogP contribution in [0.15, 0.2) is 25.1 Å². The minimum atomic E-state index is -0.532. The maximum absolute atomic E-state index is 9.62. The predicted molar refractivity (Wildman–Crippen MR) is 34.3 cm³/mol. The first-order chi connectivity index (χ1) is 4.27. The highest BCUT2D eigenvalue weighted by Crippen LogP contribution is 1.68.